The van der Waals surface area contributed by atoms with Gasteiger partial charge in [0.25, 0.3) is 0 Å². The first kappa shape index (κ1) is 29.5. The lowest BCUT2D eigenvalue weighted by Gasteiger charge is -2.31. The van der Waals surface area contributed by atoms with Crippen LogP contribution in [0.3, 0.4) is 0 Å². The molecule has 0 saturated heterocycles. The standard InChI is InChI=1S/C28H56O2/c1-5-9-12-15-18-21-24-28(8-4,25-22-19-16-13-10-6-2)27(29)30-26-23-20-17-14-11-7-3/h5-26H2,1-4H3. The molecule has 0 aliphatic carbocycles. The SMILES string of the molecule is CCCCCCCCOC(=O)C(CC)(CCCCCCCC)CCCCCCCC. The molecule has 0 atom stereocenters. The summed E-state index contributed by atoms with van der Waals surface area (Å²) >= 11 is 0. The molecule has 2 heteroatoms. The van der Waals surface area contributed by atoms with Crippen molar-refractivity contribution in [2.45, 2.75) is 163 Å². The van der Waals surface area contributed by atoms with Crippen LogP contribution in [0.25, 0.3) is 0 Å². The van der Waals surface area contributed by atoms with Crippen LogP contribution in [0.2, 0.25) is 0 Å². The highest BCUT2D eigenvalue weighted by Crippen LogP contribution is 2.37. The molecule has 0 saturated carbocycles. The minimum absolute atomic E-state index is 0.112. The number of hydrogen-bond donors (Lipinski definition) is 0. The van der Waals surface area contributed by atoms with Crippen LogP contribution in [-0.4, -0.2) is 12.6 Å². The summed E-state index contributed by atoms with van der Waals surface area (Å²) in [5.74, 6) is 0.112. The normalized spacial score (nSPS) is 11.7. The van der Waals surface area contributed by atoms with Gasteiger partial charge in [-0.05, 0) is 25.7 Å². The zero-order valence-corrected chi connectivity index (χ0v) is 21.4. The van der Waals surface area contributed by atoms with Gasteiger partial charge in [-0.1, -0.05) is 137 Å². The highest BCUT2D eigenvalue weighted by Gasteiger charge is 2.37. The maximum atomic E-state index is 13.1. The Morgan fingerprint density at radius 3 is 1.30 bits per heavy atom. The fourth-order valence-corrected chi connectivity index (χ4v) is 4.51. The van der Waals surface area contributed by atoms with E-state index in [0.29, 0.717) is 6.61 Å². The Labute approximate surface area is 190 Å². The Bertz CT molecular complexity index is 348. The van der Waals surface area contributed by atoms with Crippen LogP contribution in [0.15, 0.2) is 0 Å². The molecule has 0 spiro atoms. The van der Waals surface area contributed by atoms with Crippen molar-refractivity contribution in [3.05, 3.63) is 0 Å². The second kappa shape index (κ2) is 21.7. The van der Waals surface area contributed by atoms with E-state index in [0.717, 1.165) is 25.7 Å². The lowest BCUT2D eigenvalue weighted by molar-refractivity contribution is -0.157. The van der Waals surface area contributed by atoms with Gasteiger partial charge in [0, 0.05) is 0 Å². The topological polar surface area (TPSA) is 26.3 Å². The predicted molar refractivity (Wildman–Crippen MR) is 133 cm³/mol. The molecule has 0 rings (SSSR count). The molecule has 0 radical (unpaired) electrons. The van der Waals surface area contributed by atoms with Gasteiger partial charge in [-0.25, -0.2) is 0 Å². The van der Waals surface area contributed by atoms with E-state index in [1.54, 1.807) is 0 Å². The Kier molecular flexibility index (Phi) is 21.3. The third-order valence-corrected chi connectivity index (χ3v) is 6.86. The predicted octanol–water partition coefficient (Wildman–Crippen LogP) is 9.79. The zero-order valence-electron chi connectivity index (χ0n) is 21.4. The van der Waals surface area contributed by atoms with Crippen molar-refractivity contribution in [1.29, 1.82) is 0 Å². The zero-order chi connectivity index (χ0) is 22.3. The lowest BCUT2D eigenvalue weighted by Crippen LogP contribution is -2.33. The van der Waals surface area contributed by atoms with Gasteiger partial charge < -0.3 is 4.74 Å². The number of rotatable bonds is 23. The van der Waals surface area contributed by atoms with Crippen molar-refractivity contribution in [2.75, 3.05) is 6.61 Å². The van der Waals surface area contributed by atoms with E-state index < -0.39 is 0 Å². The number of unbranched alkanes of at least 4 members (excludes halogenated alkanes) is 15. The van der Waals surface area contributed by atoms with Gasteiger partial charge in [0.1, 0.15) is 0 Å². The third kappa shape index (κ3) is 15.3. The number of esters is 1. The molecule has 0 bridgehead atoms. The van der Waals surface area contributed by atoms with Crippen molar-refractivity contribution in [3.63, 3.8) is 0 Å². The highest BCUT2D eigenvalue weighted by molar-refractivity contribution is 5.76. The Balaban J connectivity index is 4.46. The molecule has 0 aliphatic heterocycles. The molecule has 0 aromatic carbocycles. The molecular formula is C28H56O2. The van der Waals surface area contributed by atoms with Crippen LogP contribution in [-0.2, 0) is 9.53 Å². The number of carbonyl (C=O) groups is 1. The monoisotopic (exact) mass is 424 g/mol. The van der Waals surface area contributed by atoms with Crippen LogP contribution >= 0.6 is 0 Å². The molecule has 0 aromatic rings. The molecule has 180 valence electrons. The number of ether oxygens (including phenoxy) is 1. The van der Waals surface area contributed by atoms with Crippen molar-refractivity contribution in [2.24, 2.45) is 5.41 Å². The van der Waals surface area contributed by atoms with Gasteiger partial charge in [-0.15, -0.1) is 0 Å². The Morgan fingerprint density at radius 1 is 0.533 bits per heavy atom. The minimum Gasteiger partial charge on any atom is -0.465 e. The maximum absolute atomic E-state index is 13.1. The average Bonchev–Trinajstić information content (AvgIpc) is 2.76. The van der Waals surface area contributed by atoms with Crippen LogP contribution in [0.4, 0.5) is 0 Å². The van der Waals surface area contributed by atoms with Crippen LogP contribution in [0.5, 0.6) is 0 Å². The largest absolute Gasteiger partial charge is 0.465 e. The quantitative estimate of drug-likeness (QED) is 0.120. The van der Waals surface area contributed by atoms with Gasteiger partial charge in [-0.2, -0.15) is 0 Å². The van der Waals surface area contributed by atoms with E-state index in [-0.39, 0.29) is 11.4 Å². The van der Waals surface area contributed by atoms with Crippen molar-refractivity contribution >= 4 is 5.97 Å². The Morgan fingerprint density at radius 2 is 0.900 bits per heavy atom. The van der Waals surface area contributed by atoms with Gasteiger partial charge in [-0.3, -0.25) is 4.79 Å². The van der Waals surface area contributed by atoms with E-state index in [9.17, 15) is 4.79 Å². The van der Waals surface area contributed by atoms with Crippen molar-refractivity contribution in [3.8, 4) is 0 Å². The summed E-state index contributed by atoms with van der Waals surface area (Å²) in [5, 5.41) is 0. The molecule has 0 heterocycles. The molecule has 0 amide bonds. The second-order valence-electron chi connectivity index (χ2n) is 9.57. The summed E-state index contributed by atoms with van der Waals surface area (Å²) in [7, 11) is 0. The van der Waals surface area contributed by atoms with E-state index >= 15 is 0 Å². The van der Waals surface area contributed by atoms with Crippen LogP contribution in [0, 0.1) is 5.41 Å². The third-order valence-electron chi connectivity index (χ3n) is 6.86. The first-order valence-corrected chi connectivity index (χ1v) is 13.8. The minimum atomic E-state index is -0.224. The Hall–Kier alpha value is -0.530. The lowest BCUT2D eigenvalue weighted by atomic mass is 9.75. The molecule has 0 unspecified atom stereocenters. The first-order valence-electron chi connectivity index (χ1n) is 13.8. The van der Waals surface area contributed by atoms with E-state index in [4.69, 9.17) is 4.74 Å². The summed E-state index contributed by atoms with van der Waals surface area (Å²) in [6.07, 6.45) is 25.9. The van der Waals surface area contributed by atoms with Gasteiger partial charge in [0.15, 0.2) is 0 Å². The van der Waals surface area contributed by atoms with Gasteiger partial charge >= 0.3 is 5.97 Å². The summed E-state index contributed by atoms with van der Waals surface area (Å²) in [6.45, 7) is 9.62. The number of carbonyl (C=O) groups excluding carboxylic acids is 1. The molecule has 0 aromatic heterocycles. The molecular weight excluding hydrogens is 368 g/mol. The highest BCUT2D eigenvalue weighted by atomic mass is 16.5. The summed E-state index contributed by atoms with van der Waals surface area (Å²) in [4.78, 5) is 13.1. The molecule has 0 aliphatic rings. The maximum Gasteiger partial charge on any atom is 0.312 e. The van der Waals surface area contributed by atoms with E-state index in [2.05, 4.69) is 27.7 Å². The summed E-state index contributed by atoms with van der Waals surface area (Å²) in [6, 6.07) is 0. The summed E-state index contributed by atoms with van der Waals surface area (Å²) in [5.41, 5.74) is -0.224. The molecule has 0 fully saturated rings. The van der Waals surface area contributed by atoms with E-state index in [1.807, 2.05) is 0 Å². The molecule has 30 heavy (non-hydrogen) atoms. The van der Waals surface area contributed by atoms with Crippen molar-refractivity contribution < 1.29 is 9.53 Å². The molecule has 2 nitrogen and oxygen atoms in total. The number of hydrogen-bond acceptors (Lipinski definition) is 2. The first-order chi connectivity index (χ1) is 14.7. The van der Waals surface area contributed by atoms with E-state index in [1.165, 1.54) is 109 Å². The van der Waals surface area contributed by atoms with Crippen molar-refractivity contribution in [1.82, 2.24) is 0 Å². The average molecular weight is 425 g/mol. The van der Waals surface area contributed by atoms with Gasteiger partial charge in [0.05, 0.1) is 12.0 Å². The van der Waals surface area contributed by atoms with Crippen LogP contribution < -0.4 is 0 Å². The smallest absolute Gasteiger partial charge is 0.312 e. The fourth-order valence-electron chi connectivity index (χ4n) is 4.51. The summed E-state index contributed by atoms with van der Waals surface area (Å²) < 4.78 is 5.86. The molecule has 0 N–H and O–H groups in total. The second-order valence-corrected chi connectivity index (χ2v) is 9.57. The van der Waals surface area contributed by atoms with Crippen LogP contribution in [0.1, 0.15) is 163 Å². The fraction of sp³-hybridized carbons (Fsp3) is 0.964. The van der Waals surface area contributed by atoms with Gasteiger partial charge in [0.2, 0.25) is 0 Å².